The van der Waals surface area contributed by atoms with E-state index >= 15 is 0 Å². The molecule has 2 bridgehead atoms. The van der Waals surface area contributed by atoms with E-state index < -0.39 is 41.9 Å². The molecule has 1 aliphatic rings. The zero-order valence-corrected chi connectivity index (χ0v) is 20.4. The van der Waals surface area contributed by atoms with Crippen molar-refractivity contribution in [3.63, 3.8) is 0 Å². The molecule has 1 aromatic carbocycles. The highest BCUT2D eigenvalue weighted by Crippen LogP contribution is 2.32. The Balaban J connectivity index is 2.46. The maximum absolute atomic E-state index is 12.7. The van der Waals surface area contributed by atoms with Gasteiger partial charge in [0.2, 0.25) is 0 Å². The van der Waals surface area contributed by atoms with E-state index in [1.165, 1.54) is 0 Å². The SMILES string of the molecule is CC[C@@H](/C=C(/C)C1C[C@@H](OC)C[C@@H](O)C(C)(C)c2cccc(c2)C[C@@H](O)[C@H](O)C(=O)O1)CO. The van der Waals surface area contributed by atoms with Gasteiger partial charge in [-0.3, -0.25) is 0 Å². The second-order valence-corrected chi connectivity index (χ2v) is 9.67. The van der Waals surface area contributed by atoms with Crippen LogP contribution >= 0.6 is 0 Å². The number of fused-ring (bicyclic) bond motifs is 2. The molecular formula is C26H40O7. The van der Waals surface area contributed by atoms with Crippen LogP contribution in [-0.4, -0.2) is 70.6 Å². The molecule has 6 atom stereocenters. The highest BCUT2D eigenvalue weighted by molar-refractivity contribution is 5.75. The van der Waals surface area contributed by atoms with Crippen molar-refractivity contribution in [3.8, 4) is 0 Å². The van der Waals surface area contributed by atoms with E-state index in [1.807, 2.05) is 51.1 Å². The topological polar surface area (TPSA) is 116 Å². The summed E-state index contributed by atoms with van der Waals surface area (Å²) in [5.74, 6) is -1.01. The largest absolute Gasteiger partial charge is 0.456 e. The molecule has 0 radical (unpaired) electrons. The van der Waals surface area contributed by atoms with Crippen molar-refractivity contribution in [1.29, 1.82) is 0 Å². The summed E-state index contributed by atoms with van der Waals surface area (Å²) in [5, 5.41) is 41.7. The lowest BCUT2D eigenvalue weighted by Gasteiger charge is -2.35. The van der Waals surface area contributed by atoms with Crippen molar-refractivity contribution in [1.82, 2.24) is 0 Å². The predicted molar refractivity (Wildman–Crippen MR) is 126 cm³/mol. The molecule has 1 aliphatic heterocycles. The van der Waals surface area contributed by atoms with Crippen LogP contribution in [0.5, 0.6) is 0 Å². The Morgan fingerprint density at radius 2 is 1.97 bits per heavy atom. The summed E-state index contributed by atoms with van der Waals surface area (Å²) in [6.45, 7) is 7.64. The molecule has 0 aliphatic carbocycles. The number of hydrogen-bond donors (Lipinski definition) is 4. The maximum Gasteiger partial charge on any atom is 0.338 e. The zero-order valence-electron chi connectivity index (χ0n) is 20.4. The molecule has 0 spiro atoms. The lowest BCUT2D eigenvalue weighted by atomic mass is 9.76. The van der Waals surface area contributed by atoms with E-state index in [9.17, 15) is 25.2 Å². The smallest absolute Gasteiger partial charge is 0.338 e. The fraction of sp³-hybridized carbons (Fsp3) is 0.654. The second-order valence-electron chi connectivity index (χ2n) is 9.67. The fourth-order valence-corrected chi connectivity index (χ4v) is 4.19. The molecule has 0 fully saturated rings. The van der Waals surface area contributed by atoms with Crippen LogP contribution in [0.1, 0.15) is 58.1 Å². The molecule has 4 N–H and O–H groups in total. The number of aliphatic hydroxyl groups excluding tert-OH is 4. The molecule has 0 saturated heterocycles. The summed E-state index contributed by atoms with van der Waals surface area (Å²) in [4.78, 5) is 12.7. The first-order valence-corrected chi connectivity index (χ1v) is 11.7. The first kappa shape index (κ1) is 27.5. The van der Waals surface area contributed by atoms with E-state index in [0.717, 1.165) is 16.7 Å². The number of methoxy groups -OCH3 is 1. The van der Waals surface area contributed by atoms with Crippen LogP contribution in [0.25, 0.3) is 0 Å². The van der Waals surface area contributed by atoms with Gasteiger partial charge in [-0.15, -0.1) is 0 Å². The van der Waals surface area contributed by atoms with E-state index in [1.54, 1.807) is 14.0 Å². The Bertz CT molecular complexity index is 800. The third kappa shape index (κ3) is 7.11. The predicted octanol–water partition coefficient (Wildman–Crippen LogP) is 2.27. The van der Waals surface area contributed by atoms with Crippen molar-refractivity contribution in [2.45, 2.75) is 89.3 Å². The van der Waals surface area contributed by atoms with E-state index in [-0.39, 0.29) is 25.4 Å². The first-order valence-electron chi connectivity index (χ1n) is 11.7. The molecule has 1 aromatic rings. The van der Waals surface area contributed by atoms with Crippen LogP contribution in [-0.2, 0) is 26.1 Å². The van der Waals surface area contributed by atoms with Crippen molar-refractivity contribution in [2.24, 2.45) is 5.92 Å². The summed E-state index contributed by atoms with van der Waals surface area (Å²) >= 11 is 0. The summed E-state index contributed by atoms with van der Waals surface area (Å²) in [6, 6.07) is 7.46. The van der Waals surface area contributed by atoms with Crippen LogP contribution in [0, 0.1) is 5.92 Å². The van der Waals surface area contributed by atoms with Gasteiger partial charge in [0.1, 0.15) is 6.10 Å². The number of carbonyl (C=O) groups is 1. The molecule has 186 valence electrons. The quantitative estimate of drug-likeness (QED) is 0.390. The van der Waals surface area contributed by atoms with Gasteiger partial charge in [0.15, 0.2) is 6.10 Å². The number of ether oxygens (including phenoxy) is 2. The molecule has 2 rings (SSSR count). The number of cyclic esters (lactones) is 1. The minimum Gasteiger partial charge on any atom is -0.456 e. The van der Waals surface area contributed by atoms with Gasteiger partial charge >= 0.3 is 5.97 Å². The van der Waals surface area contributed by atoms with E-state index in [2.05, 4.69) is 0 Å². The second kappa shape index (κ2) is 12.1. The summed E-state index contributed by atoms with van der Waals surface area (Å²) in [7, 11) is 1.55. The Morgan fingerprint density at radius 1 is 1.27 bits per heavy atom. The molecular weight excluding hydrogens is 424 g/mol. The van der Waals surface area contributed by atoms with Gasteiger partial charge in [0.25, 0.3) is 0 Å². The highest BCUT2D eigenvalue weighted by atomic mass is 16.6. The van der Waals surface area contributed by atoms with Crippen LogP contribution < -0.4 is 0 Å². The normalized spacial score (nSPS) is 30.3. The number of benzene rings is 1. The van der Waals surface area contributed by atoms with Gasteiger partial charge in [0.05, 0.1) is 18.3 Å². The Kier molecular flexibility index (Phi) is 10.1. The Hall–Kier alpha value is -1.77. The van der Waals surface area contributed by atoms with Gasteiger partial charge in [-0.2, -0.15) is 0 Å². The van der Waals surface area contributed by atoms with E-state index in [0.29, 0.717) is 12.8 Å². The first-order chi connectivity index (χ1) is 15.5. The minimum atomic E-state index is -1.70. The molecule has 0 amide bonds. The average molecular weight is 465 g/mol. The number of esters is 1. The molecule has 0 saturated carbocycles. The fourth-order valence-electron chi connectivity index (χ4n) is 4.19. The monoisotopic (exact) mass is 464 g/mol. The lowest BCUT2D eigenvalue weighted by Crippen LogP contribution is -2.41. The summed E-state index contributed by atoms with van der Waals surface area (Å²) < 4.78 is 11.3. The van der Waals surface area contributed by atoms with E-state index in [4.69, 9.17) is 9.47 Å². The van der Waals surface area contributed by atoms with Crippen LogP contribution in [0.15, 0.2) is 35.9 Å². The van der Waals surface area contributed by atoms with Crippen molar-refractivity contribution in [3.05, 3.63) is 47.0 Å². The minimum absolute atomic E-state index is 0.0335. The molecule has 7 nitrogen and oxygen atoms in total. The third-order valence-corrected chi connectivity index (χ3v) is 6.88. The molecule has 0 aromatic heterocycles. The Morgan fingerprint density at radius 3 is 2.58 bits per heavy atom. The van der Waals surface area contributed by atoms with Gasteiger partial charge < -0.3 is 29.9 Å². The van der Waals surface area contributed by atoms with Crippen molar-refractivity contribution < 1.29 is 34.7 Å². The van der Waals surface area contributed by atoms with Gasteiger partial charge in [0, 0.05) is 44.3 Å². The van der Waals surface area contributed by atoms with Gasteiger partial charge in [-0.25, -0.2) is 4.79 Å². The van der Waals surface area contributed by atoms with Gasteiger partial charge in [-0.05, 0) is 30.0 Å². The number of rotatable bonds is 5. The molecule has 33 heavy (non-hydrogen) atoms. The molecule has 1 heterocycles. The standard InChI is InChI=1S/C26H40O7/c1-6-17(15-27)10-16(2)22-13-20(32-5)14-23(29)26(3,4)19-9-7-8-18(11-19)12-21(28)24(30)25(31)33-22/h7-11,17,20-24,27-30H,6,12-15H2,1-5H3/b16-10-/t17-,20+,21+,22?,23+,24-/m0/s1. The number of carbonyl (C=O) groups excluding carboxylic acids is 1. The van der Waals surface area contributed by atoms with Gasteiger partial charge in [-0.1, -0.05) is 51.1 Å². The third-order valence-electron chi connectivity index (χ3n) is 6.88. The number of aliphatic hydroxyl groups is 4. The maximum atomic E-state index is 12.7. The van der Waals surface area contributed by atoms with Crippen LogP contribution in [0.2, 0.25) is 0 Å². The van der Waals surface area contributed by atoms with Crippen LogP contribution in [0.3, 0.4) is 0 Å². The summed E-state index contributed by atoms with van der Waals surface area (Å²) in [5.41, 5.74) is 1.76. The zero-order chi connectivity index (χ0) is 24.8. The average Bonchev–Trinajstić information content (AvgIpc) is 2.79. The molecule has 1 unspecified atom stereocenters. The lowest BCUT2D eigenvalue weighted by molar-refractivity contribution is -0.165. The number of hydrogen-bond acceptors (Lipinski definition) is 7. The van der Waals surface area contributed by atoms with Crippen molar-refractivity contribution in [2.75, 3.05) is 13.7 Å². The Labute approximate surface area is 197 Å². The van der Waals surface area contributed by atoms with Crippen LogP contribution in [0.4, 0.5) is 0 Å². The molecule has 7 heteroatoms. The summed E-state index contributed by atoms with van der Waals surface area (Å²) in [6.07, 6.45) is -1.71. The highest BCUT2D eigenvalue weighted by Gasteiger charge is 2.35. The van der Waals surface area contributed by atoms with Crippen molar-refractivity contribution >= 4 is 5.97 Å².